The highest BCUT2D eigenvalue weighted by Crippen LogP contribution is 2.17. The molecule has 2 rings (SSSR count). The maximum atomic E-state index is 12.3. The Morgan fingerprint density at radius 1 is 1.28 bits per heavy atom. The molecule has 1 aliphatic heterocycles. The first kappa shape index (κ1) is 24.2. The minimum Gasteiger partial charge on any atom is -0.353 e. The molecule has 1 amide bonds. The summed E-state index contributed by atoms with van der Waals surface area (Å²) in [5, 5.41) is 3.07. The zero-order valence-corrected chi connectivity index (χ0v) is 16.8. The largest absolute Gasteiger partial charge is 0.353 e. The van der Waals surface area contributed by atoms with Crippen LogP contribution in [0.2, 0.25) is 0 Å². The number of hydrogen-bond donors (Lipinski definition) is 2. The van der Waals surface area contributed by atoms with E-state index in [2.05, 4.69) is 17.1 Å². The van der Waals surface area contributed by atoms with Gasteiger partial charge in [-0.15, -0.1) is 24.8 Å². The van der Waals surface area contributed by atoms with Crippen LogP contribution in [0.5, 0.6) is 0 Å². The van der Waals surface area contributed by atoms with Crippen LogP contribution in [-0.4, -0.2) is 42.5 Å². The average Bonchev–Trinajstić information content (AvgIpc) is 2.59. The summed E-state index contributed by atoms with van der Waals surface area (Å²) >= 11 is 0. The van der Waals surface area contributed by atoms with Gasteiger partial charge < -0.3 is 11.1 Å². The maximum absolute atomic E-state index is 12.3. The molecule has 0 aliphatic carbocycles. The summed E-state index contributed by atoms with van der Waals surface area (Å²) in [6.07, 6.45) is 6.77. The number of carbonyl (C=O) groups is 1. The number of nitrogens with zero attached hydrogens (tertiary/aromatic N) is 1. The molecule has 1 aliphatic rings. The molecule has 0 spiro atoms. The molecule has 2 unspecified atom stereocenters. The molecule has 2 atom stereocenters. The monoisotopic (exact) mass is 389 g/mol. The number of halogens is 2. The van der Waals surface area contributed by atoms with Gasteiger partial charge in [0, 0.05) is 12.6 Å². The van der Waals surface area contributed by atoms with E-state index in [-0.39, 0.29) is 30.7 Å². The summed E-state index contributed by atoms with van der Waals surface area (Å²) < 4.78 is 0. The number of benzene rings is 1. The first-order chi connectivity index (χ1) is 11.2. The second-order valence-electron chi connectivity index (χ2n) is 6.58. The van der Waals surface area contributed by atoms with Gasteiger partial charge in [-0.05, 0) is 44.3 Å². The van der Waals surface area contributed by atoms with Crippen LogP contribution in [0.1, 0.15) is 44.6 Å². The number of hydrogen-bond acceptors (Lipinski definition) is 3. The Bertz CT molecular complexity index is 473. The van der Waals surface area contributed by atoms with Gasteiger partial charge in [0.1, 0.15) is 0 Å². The molecular formula is C19H33Cl2N3O. The third kappa shape index (κ3) is 8.41. The standard InChI is InChI=1S/C19H31N3O.2ClH/c1-2-3-12-22-13-8-7-11-17(22)15-21-19(23)18(20)14-16-9-5-4-6-10-16;;/h4-6,9-10,17-18H,2-3,7-8,11-15,20H2,1H3,(H,21,23);2*1H. The quantitative estimate of drug-likeness (QED) is 0.717. The van der Waals surface area contributed by atoms with Crippen LogP contribution in [-0.2, 0) is 11.2 Å². The average molecular weight is 390 g/mol. The Labute approximate surface area is 164 Å². The Morgan fingerprint density at radius 2 is 2.00 bits per heavy atom. The fraction of sp³-hybridized carbons (Fsp3) is 0.632. The van der Waals surface area contributed by atoms with Crippen molar-refractivity contribution in [1.82, 2.24) is 10.2 Å². The summed E-state index contributed by atoms with van der Waals surface area (Å²) in [6.45, 7) is 5.26. The Balaban J connectivity index is 0.00000288. The van der Waals surface area contributed by atoms with Gasteiger partial charge in [0.15, 0.2) is 0 Å². The summed E-state index contributed by atoms with van der Waals surface area (Å²) in [6, 6.07) is 9.97. The van der Waals surface area contributed by atoms with Gasteiger partial charge in [0.25, 0.3) is 0 Å². The molecule has 1 heterocycles. The van der Waals surface area contributed by atoms with Gasteiger partial charge in [-0.2, -0.15) is 0 Å². The van der Waals surface area contributed by atoms with E-state index in [9.17, 15) is 4.79 Å². The molecule has 3 N–H and O–H groups in total. The summed E-state index contributed by atoms with van der Waals surface area (Å²) in [5.41, 5.74) is 7.16. The number of rotatable bonds is 8. The third-order valence-electron chi connectivity index (χ3n) is 4.70. The van der Waals surface area contributed by atoms with Crippen molar-refractivity contribution in [1.29, 1.82) is 0 Å². The van der Waals surface area contributed by atoms with E-state index >= 15 is 0 Å². The van der Waals surface area contributed by atoms with Crippen LogP contribution in [0.4, 0.5) is 0 Å². The molecule has 0 bridgehead atoms. The van der Waals surface area contributed by atoms with E-state index in [1.54, 1.807) is 0 Å². The Kier molecular flexibility index (Phi) is 13.0. The van der Waals surface area contributed by atoms with E-state index < -0.39 is 6.04 Å². The molecular weight excluding hydrogens is 357 g/mol. The van der Waals surface area contributed by atoms with Crippen molar-refractivity contribution < 1.29 is 4.79 Å². The highest BCUT2D eigenvalue weighted by molar-refractivity contribution is 5.85. The molecule has 1 fully saturated rings. The van der Waals surface area contributed by atoms with Gasteiger partial charge in [-0.3, -0.25) is 9.69 Å². The lowest BCUT2D eigenvalue weighted by Crippen LogP contribution is -2.50. The smallest absolute Gasteiger partial charge is 0.237 e. The SMILES string of the molecule is CCCCN1CCCCC1CNC(=O)C(N)Cc1ccccc1.Cl.Cl. The Hall–Kier alpha value is -0.810. The minimum absolute atomic E-state index is 0. The number of nitrogens with one attached hydrogen (secondary N) is 1. The molecule has 1 saturated heterocycles. The van der Waals surface area contributed by atoms with E-state index in [4.69, 9.17) is 5.73 Å². The lowest BCUT2D eigenvalue weighted by atomic mass is 10.0. The van der Waals surface area contributed by atoms with Crippen molar-refractivity contribution in [3.8, 4) is 0 Å². The molecule has 1 aromatic rings. The number of piperidine rings is 1. The van der Waals surface area contributed by atoms with Crippen LogP contribution in [0.3, 0.4) is 0 Å². The summed E-state index contributed by atoms with van der Waals surface area (Å²) in [7, 11) is 0. The molecule has 4 nitrogen and oxygen atoms in total. The molecule has 0 radical (unpaired) electrons. The lowest BCUT2D eigenvalue weighted by Gasteiger charge is -2.36. The highest BCUT2D eigenvalue weighted by atomic mass is 35.5. The van der Waals surface area contributed by atoms with Crippen molar-refractivity contribution in [2.75, 3.05) is 19.6 Å². The molecule has 0 saturated carbocycles. The van der Waals surface area contributed by atoms with Crippen molar-refractivity contribution in [2.24, 2.45) is 5.73 Å². The first-order valence-electron chi connectivity index (χ1n) is 9.02. The number of amides is 1. The number of likely N-dealkylation sites (tertiary alicyclic amines) is 1. The summed E-state index contributed by atoms with van der Waals surface area (Å²) in [4.78, 5) is 14.8. The van der Waals surface area contributed by atoms with Gasteiger partial charge in [-0.25, -0.2) is 0 Å². The molecule has 144 valence electrons. The second kappa shape index (κ2) is 13.4. The van der Waals surface area contributed by atoms with E-state index in [1.165, 1.54) is 32.1 Å². The van der Waals surface area contributed by atoms with Crippen molar-refractivity contribution >= 4 is 30.7 Å². The van der Waals surface area contributed by atoms with Gasteiger partial charge in [0.2, 0.25) is 5.91 Å². The van der Waals surface area contributed by atoms with Crippen molar-refractivity contribution in [3.63, 3.8) is 0 Å². The number of unbranched alkanes of at least 4 members (excludes halogenated alkanes) is 1. The molecule has 25 heavy (non-hydrogen) atoms. The highest BCUT2D eigenvalue weighted by Gasteiger charge is 2.23. The van der Waals surface area contributed by atoms with Gasteiger partial charge in [0.05, 0.1) is 6.04 Å². The predicted molar refractivity (Wildman–Crippen MR) is 110 cm³/mol. The maximum Gasteiger partial charge on any atom is 0.237 e. The normalized spacial score (nSPS) is 18.6. The van der Waals surface area contributed by atoms with Crippen LogP contribution in [0.15, 0.2) is 30.3 Å². The molecule has 0 aromatic heterocycles. The fourth-order valence-corrected chi connectivity index (χ4v) is 3.26. The van der Waals surface area contributed by atoms with E-state index in [0.717, 1.165) is 25.2 Å². The molecule has 1 aromatic carbocycles. The second-order valence-corrected chi connectivity index (χ2v) is 6.58. The Morgan fingerprint density at radius 3 is 2.68 bits per heavy atom. The first-order valence-corrected chi connectivity index (χ1v) is 9.02. The third-order valence-corrected chi connectivity index (χ3v) is 4.70. The van der Waals surface area contributed by atoms with Crippen molar-refractivity contribution in [2.45, 2.75) is 57.5 Å². The zero-order chi connectivity index (χ0) is 16.5. The van der Waals surface area contributed by atoms with Gasteiger partial charge >= 0.3 is 0 Å². The van der Waals surface area contributed by atoms with Crippen molar-refractivity contribution in [3.05, 3.63) is 35.9 Å². The van der Waals surface area contributed by atoms with Crippen LogP contribution in [0.25, 0.3) is 0 Å². The van der Waals surface area contributed by atoms with Crippen LogP contribution in [0, 0.1) is 0 Å². The summed E-state index contributed by atoms with van der Waals surface area (Å²) in [5.74, 6) is -0.0325. The topological polar surface area (TPSA) is 58.4 Å². The molecule has 6 heteroatoms. The predicted octanol–water partition coefficient (Wildman–Crippen LogP) is 3.17. The fourth-order valence-electron chi connectivity index (χ4n) is 3.26. The zero-order valence-electron chi connectivity index (χ0n) is 15.2. The van der Waals surface area contributed by atoms with E-state index in [0.29, 0.717) is 12.5 Å². The van der Waals surface area contributed by atoms with E-state index in [1.807, 2.05) is 30.3 Å². The number of carbonyl (C=O) groups excluding carboxylic acids is 1. The van der Waals surface area contributed by atoms with Gasteiger partial charge in [-0.1, -0.05) is 50.1 Å². The minimum atomic E-state index is -0.468. The number of nitrogens with two attached hydrogens (primary N) is 1. The van der Waals surface area contributed by atoms with Crippen LogP contribution < -0.4 is 11.1 Å². The van der Waals surface area contributed by atoms with Crippen LogP contribution >= 0.6 is 24.8 Å². The lowest BCUT2D eigenvalue weighted by molar-refractivity contribution is -0.122.